The fourth-order valence-corrected chi connectivity index (χ4v) is 2.35. The van der Waals surface area contributed by atoms with Crippen molar-refractivity contribution in [2.45, 2.75) is 65.7 Å². The van der Waals surface area contributed by atoms with Crippen molar-refractivity contribution in [1.82, 2.24) is 4.90 Å². The van der Waals surface area contributed by atoms with E-state index in [0.717, 1.165) is 0 Å². The largest absolute Gasteiger partial charge is 0.292 e. The van der Waals surface area contributed by atoms with Gasteiger partial charge in [0.05, 0.1) is 0 Å². The lowest BCUT2D eigenvalue weighted by Crippen LogP contribution is -2.49. The van der Waals surface area contributed by atoms with E-state index in [9.17, 15) is 4.39 Å². The lowest BCUT2D eigenvalue weighted by Gasteiger charge is -2.42. The molecule has 1 aliphatic heterocycles. The minimum absolute atomic E-state index is 0.0821. The lowest BCUT2D eigenvalue weighted by atomic mass is 9.83. The summed E-state index contributed by atoms with van der Waals surface area (Å²) >= 11 is 0. The molecule has 1 fully saturated rings. The number of hydrogen-bond acceptors (Lipinski definition) is 1. The third-order valence-electron chi connectivity index (χ3n) is 3.11. The van der Waals surface area contributed by atoms with Gasteiger partial charge in [0, 0.05) is 18.1 Å². The average Bonchev–Trinajstić information content (AvgIpc) is 2.27. The second-order valence-electron chi connectivity index (χ2n) is 6.54. The molecule has 0 saturated carbocycles. The monoisotopic (exact) mass is 201 g/mol. The van der Waals surface area contributed by atoms with E-state index in [-0.39, 0.29) is 11.0 Å². The van der Waals surface area contributed by atoms with Crippen LogP contribution in [0.5, 0.6) is 0 Å². The smallest absolute Gasteiger partial charge is 0.114 e. The van der Waals surface area contributed by atoms with Gasteiger partial charge in [-0.05, 0) is 32.6 Å². The van der Waals surface area contributed by atoms with E-state index in [1.54, 1.807) is 0 Å². The first kappa shape index (κ1) is 12.0. The van der Waals surface area contributed by atoms with Gasteiger partial charge in [-0.25, -0.2) is 4.39 Å². The van der Waals surface area contributed by atoms with Crippen molar-refractivity contribution in [1.29, 1.82) is 0 Å². The molecule has 0 amide bonds. The molecule has 0 bridgehead atoms. The summed E-state index contributed by atoms with van der Waals surface area (Å²) in [5.74, 6) is 0. The molecular weight excluding hydrogens is 177 g/mol. The normalized spacial score (nSPS) is 31.1. The van der Waals surface area contributed by atoms with Gasteiger partial charge in [0.1, 0.15) is 6.17 Å². The Morgan fingerprint density at radius 2 is 1.57 bits per heavy atom. The Labute approximate surface area is 87.7 Å². The number of rotatable bonds is 0. The van der Waals surface area contributed by atoms with E-state index in [4.69, 9.17) is 0 Å². The molecule has 0 aromatic heterocycles. The van der Waals surface area contributed by atoms with E-state index >= 15 is 0 Å². The number of alkyl halides is 1. The standard InChI is InChI=1S/C12H24FN/c1-11(2,3)10-7-9(13)8-14(10)12(4,5)6/h9-10H,7-8H2,1-6H3/t9-,10?/m0/s1. The first-order chi connectivity index (χ1) is 6.12. The Bertz CT molecular complexity index is 177. The predicted molar refractivity (Wildman–Crippen MR) is 59.2 cm³/mol. The van der Waals surface area contributed by atoms with E-state index < -0.39 is 6.17 Å². The van der Waals surface area contributed by atoms with Gasteiger partial charge in [0.15, 0.2) is 0 Å². The Morgan fingerprint density at radius 3 is 1.86 bits per heavy atom. The summed E-state index contributed by atoms with van der Waals surface area (Å²) in [7, 11) is 0. The third kappa shape index (κ3) is 2.47. The van der Waals surface area contributed by atoms with Crippen LogP contribution in [0.3, 0.4) is 0 Å². The molecule has 1 heterocycles. The number of halogens is 1. The summed E-state index contributed by atoms with van der Waals surface area (Å²) in [6.45, 7) is 13.7. The zero-order valence-corrected chi connectivity index (χ0v) is 10.4. The van der Waals surface area contributed by atoms with Gasteiger partial charge < -0.3 is 0 Å². The molecule has 1 aliphatic rings. The summed E-state index contributed by atoms with van der Waals surface area (Å²) < 4.78 is 13.4. The van der Waals surface area contributed by atoms with Crippen LogP contribution < -0.4 is 0 Å². The van der Waals surface area contributed by atoms with Gasteiger partial charge in [0.2, 0.25) is 0 Å². The summed E-state index contributed by atoms with van der Waals surface area (Å²) in [4.78, 5) is 2.32. The molecule has 84 valence electrons. The van der Waals surface area contributed by atoms with Crippen LogP contribution in [0.4, 0.5) is 4.39 Å². The molecule has 2 heteroatoms. The molecule has 0 aliphatic carbocycles. The van der Waals surface area contributed by atoms with Crippen LogP contribution in [-0.4, -0.2) is 29.2 Å². The summed E-state index contributed by atoms with van der Waals surface area (Å²) in [5, 5.41) is 0. The van der Waals surface area contributed by atoms with Gasteiger partial charge in [0.25, 0.3) is 0 Å². The van der Waals surface area contributed by atoms with Crippen molar-refractivity contribution >= 4 is 0 Å². The highest BCUT2D eigenvalue weighted by molar-refractivity contribution is 4.97. The van der Waals surface area contributed by atoms with Crippen LogP contribution in [0.15, 0.2) is 0 Å². The molecule has 0 radical (unpaired) electrons. The molecule has 0 spiro atoms. The third-order valence-corrected chi connectivity index (χ3v) is 3.11. The molecule has 1 saturated heterocycles. The van der Waals surface area contributed by atoms with E-state index in [2.05, 4.69) is 46.4 Å². The molecule has 1 rings (SSSR count). The van der Waals surface area contributed by atoms with Crippen LogP contribution in [-0.2, 0) is 0 Å². The molecule has 0 N–H and O–H groups in total. The Kier molecular flexibility index (Phi) is 2.97. The fraction of sp³-hybridized carbons (Fsp3) is 1.00. The maximum Gasteiger partial charge on any atom is 0.114 e. The topological polar surface area (TPSA) is 3.24 Å². The first-order valence-corrected chi connectivity index (χ1v) is 5.53. The van der Waals surface area contributed by atoms with Crippen molar-refractivity contribution in [3.05, 3.63) is 0 Å². The summed E-state index contributed by atoms with van der Waals surface area (Å²) in [6.07, 6.45) is 0.0549. The molecular formula is C12H24FN. The first-order valence-electron chi connectivity index (χ1n) is 5.53. The van der Waals surface area contributed by atoms with Crippen LogP contribution in [0.2, 0.25) is 0 Å². The van der Waals surface area contributed by atoms with Crippen LogP contribution in [0, 0.1) is 5.41 Å². The van der Waals surface area contributed by atoms with Gasteiger partial charge in [-0.1, -0.05) is 20.8 Å². The minimum Gasteiger partial charge on any atom is -0.292 e. The maximum absolute atomic E-state index is 13.4. The zero-order valence-electron chi connectivity index (χ0n) is 10.4. The highest BCUT2D eigenvalue weighted by Gasteiger charge is 2.43. The number of nitrogens with zero attached hydrogens (tertiary/aromatic N) is 1. The lowest BCUT2D eigenvalue weighted by molar-refractivity contribution is 0.0570. The zero-order chi connectivity index (χ0) is 11.1. The van der Waals surface area contributed by atoms with Crippen LogP contribution in [0.1, 0.15) is 48.0 Å². The summed E-state index contributed by atoms with van der Waals surface area (Å²) in [6, 6.07) is 0.373. The van der Waals surface area contributed by atoms with Crippen molar-refractivity contribution in [3.63, 3.8) is 0 Å². The quantitative estimate of drug-likeness (QED) is 0.581. The minimum atomic E-state index is -0.640. The van der Waals surface area contributed by atoms with Crippen molar-refractivity contribution in [3.8, 4) is 0 Å². The fourth-order valence-electron chi connectivity index (χ4n) is 2.35. The second kappa shape index (κ2) is 3.48. The van der Waals surface area contributed by atoms with Crippen molar-refractivity contribution in [2.75, 3.05) is 6.54 Å². The molecule has 2 atom stereocenters. The molecule has 1 unspecified atom stereocenters. The number of likely N-dealkylation sites (tertiary alicyclic amines) is 1. The highest BCUT2D eigenvalue weighted by atomic mass is 19.1. The Balaban J connectivity index is 2.84. The van der Waals surface area contributed by atoms with Crippen LogP contribution >= 0.6 is 0 Å². The van der Waals surface area contributed by atoms with E-state index in [0.29, 0.717) is 19.0 Å². The second-order valence-corrected chi connectivity index (χ2v) is 6.54. The SMILES string of the molecule is CC(C)(C)C1C[C@H](F)CN1C(C)(C)C. The van der Waals surface area contributed by atoms with Gasteiger partial charge in [-0.2, -0.15) is 0 Å². The Morgan fingerprint density at radius 1 is 1.07 bits per heavy atom. The maximum atomic E-state index is 13.4. The van der Waals surface area contributed by atoms with Crippen molar-refractivity contribution < 1.29 is 4.39 Å². The molecule has 14 heavy (non-hydrogen) atoms. The van der Waals surface area contributed by atoms with Gasteiger partial charge in [-0.3, -0.25) is 4.90 Å². The van der Waals surface area contributed by atoms with Gasteiger partial charge >= 0.3 is 0 Å². The highest BCUT2D eigenvalue weighted by Crippen LogP contribution is 2.37. The van der Waals surface area contributed by atoms with Crippen LogP contribution in [0.25, 0.3) is 0 Å². The molecule has 0 aromatic carbocycles. The molecule has 1 nitrogen and oxygen atoms in total. The van der Waals surface area contributed by atoms with Crippen molar-refractivity contribution in [2.24, 2.45) is 5.41 Å². The Hall–Kier alpha value is -0.110. The number of hydrogen-bond donors (Lipinski definition) is 0. The van der Waals surface area contributed by atoms with E-state index in [1.165, 1.54) is 0 Å². The van der Waals surface area contributed by atoms with E-state index in [1.807, 2.05) is 0 Å². The summed E-state index contributed by atoms with van der Waals surface area (Å²) in [5.41, 5.74) is 0.257. The van der Waals surface area contributed by atoms with Gasteiger partial charge in [-0.15, -0.1) is 0 Å². The molecule has 0 aromatic rings. The average molecular weight is 201 g/mol. The predicted octanol–water partition coefficient (Wildman–Crippen LogP) is 3.24.